The number of nitrogens with two attached hydrogens (primary N) is 1. The van der Waals surface area contributed by atoms with E-state index in [4.69, 9.17) is 15.2 Å². The van der Waals surface area contributed by atoms with E-state index in [1.54, 1.807) is 18.2 Å². The van der Waals surface area contributed by atoms with Gasteiger partial charge in [-0.25, -0.2) is 15.0 Å². The third-order valence-electron chi connectivity index (χ3n) is 5.86. The summed E-state index contributed by atoms with van der Waals surface area (Å²) < 4.78 is 12.1. The van der Waals surface area contributed by atoms with Crippen LogP contribution in [0, 0.1) is 11.8 Å². The Hall–Kier alpha value is -4.09. The monoisotopic (exact) mass is 480 g/mol. The number of nitrogens with zero attached hydrogens (tertiary/aromatic N) is 5. The predicted molar refractivity (Wildman–Crippen MR) is 118 cm³/mol. The third kappa shape index (κ3) is 3.56. The van der Waals surface area contributed by atoms with E-state index in [2.05, 4.69) is 26.8 Å². The maximum absolute atomic E-state index is 12.7. The summed E-state index contributed by atoms with van der Waals surface area (Å²) in [5, 5.41) is 29.7. The van der Waals surface area contributed by atoms with E-state index in [9.17, 15) is 24.9 Å². The van der Waals surface area contributed by atoms with Crippen molar-refractivity contribution in [3.63, 3.8) is 0 Å². The fourth-order valence-electron chi connectivity index (χ4n) is 4.10. The van der Waals surface area contributed by atoms with E-state index in [0.717, 1.165) is 4.90 Å². The van der Waals surface area contributed by atoms with Gasteiger partial charge in [0.25, 0.3) is 11.8 Å². The molecule has 0 radical (unpaired) electrons. The van der Waals surface area contributed by atoms with Crippen molar-refractivity contribution in [3.05, 3.63) is 41.5 Å². The number of hydrogen-bond acceptors (Lipinski definition) is 11. The van der Waals surface area contributed by atoms with Gasteiger partial charge in [0.05, 0.1) is 37.7 Å². The molecule has 2 amide bonds. The molecule has 0 aliphatic carbocycles. The van der Waals surface area contributed by atoms with E-state index in [1.807, 2.05) is 0 Å². The highest BCUT2D eigenvalue weighted by atomic mass is 16.6. The molecule has 1 fully saturated rings. The van der Waals surface area contributed by atoms with E-state index in [1.165, 1.54) is 18.0 Å². The minimum absolute atomic E-state index is 0.00950. The molecule has 1 aromatic carbocycles. The van der Waals surface area contributed by atoms with Crippen molar-refractivity contribution in [2.75, 3.05) is 26.0 Å². The highest BCUT2D eigenvalue weighted by Gasteiger charge is 2.44. The Kier molecular flexibility index (Phi) is 5.58. The second kappa shape index (κ2) is 8.60. The number of aromatic nitrogens is 4. The normalized spacial score (nSPS) is 23.5. The Labute approximate surface area is 197 Å². The molecular formula is C22H20N6O7. The van der Waals surface area contributed by atoms with Crippen LogP contribution in [0.3, 0.4) is 0 Å². The number of benzene rings is 1. The summed E-state index contributed by atoms with van der Waals surface area (Å²) >= 11 is 0. The number of methoxy groups -OCH3 is 1. The number of carbonyl (C=O) groups is 2. The average Bonchev–Trinajstić information content (AvgIpc) is 3.48. The molecule has 0 saturated carbocycles. The van der Waals surface area contributed by atoms with Crippen molar-refractivity contribution in [1.82, 2.24) is 24.4 Å². The van der Waals surface area contributed by atoms with Crippen LogP contribution < -0.4 is 10.5 Å². The van der Waals surface area contributed by atoms with Crippen LogP contribution in [0.25, 0.3) is 11.2 Å². The molecule has 0 unspecified atom stereocenters. The zero-order chi connectivity index (χ0) is 24.9. The van der Waals surface area contributed by atoms with Gasteiger partial charge in [0, 0.05) is 0 Å². The van der Waals surface area contributed by atoms with Crippen LogP contribution in [0.4, 0.5) is 5.82 Å². The zero-order valence-corrected chi connectivity index (χ0v) is 18.3. The minimum atomic E-state index is -1.35. The SMILES string of the molecule is COc1cccc2c1C(=O)N(CC#Cc1nc(N)c3ncn([C@@H]4O[C@H](CO)[C@@H](O)[C@H]4O)c3n1)C2=O. The summed E-state index contributed by atoms with van der Waals surface area (Å²) in [4.78, 5) is 38.9. The Morgan fingerprint density at radius 2 is 2.00 bits per heavy atom. The van der Waals surface area contributed by atoms with Crippen molar-refractivity contribution < 1.29 is 34.4 Å². The summed E-state index contributed by atoms with van der Waals surface area (Å²) in [5.74, 6) is 4.68. The number of aliphatic hydroxyl groups is 3. The van der Waals surface area contributed by atoms with Gasteiger partial charge in [-0.2, -0.15) is 0 Å². The molecule has 4 atom stereocenters. The van der Waals surface area contributed by atoms with Crippen molar-refractivity contribution in [3.8, 4) is 17.6 Å². The molecule has 5 rings (SSSR count). The standard InChI is InChI=1S/C22H20N6O7/c1-34-11-5-2-4-10-14(11)21(33)27(20(10)32)7-3-6-13-25-18(23)15-19(26-13)28(9-24-15)22-17(31)16(30)12(8-29)35-22/h2,4-5,9,12,16-17,22,29-31H,7-8H2,1H3,(H2,23,25,26)/t12-,16-,17-,22-/m1/s1. The minimum Gasteiger partial charge on any atom is -0.496 e. The molecule has 2 aromatic heterocycles. The van der Waals surface area contributed by atoms with Gasteiger partial charge in [-0.15, -0.1) is 0 Å². The average molecular weight is 480 g/mol. The number of carbonyl (C=O) groups excluding carboxylic acids is 2. The fourth-order valence-corrected chi connectivity index (χ4v) is 4.10. The number of ether oxygens (including phenoxy) is 2. The summed E-state index contributed by atoms with van der Waals surface area (Å²) in [5.41, 5.74) is 6.82. The molecule has 180 valence electrons. The van der Waals surface area contributed by atoms with Crippen LogP contribution in [0.1, 0.15) is 32.8 Å². The first-order valence-corrected chi connectivity index (χ1v) is 10.5. The number of imidazole rings is 1. The second-order valence-corrected chi connectivity index (χ2v) is 7.87. The van der Waals surface area contributed by atoms with Crippen LogP contribution in [0.5, 0.6) is 5.75 Å². The smallest absolute Gasteiger partial charge is 0.266 e. The molecule has 1 saturated heterocycles. The van der Waals surface area contributed by atoms with Gasteiger partial charge in [0.1, 0.15) is 29.6 Å². The van der Waals surface area contributed by atoms with E-state index in [-0.39, 0.29) is 40.5 Å². The molecule has 0 bridgehead atoms. The molecule has 13 heteroatoms. The van der Waals surface area contributed by atoms with Gasteiger partial charge < -0.3 is 30.5 Å². The molecule has 0 spiro atoms. The highest BCUT2D eigenvalue weighted by molar-refractivity contribution is 6.22. The van der Waals surface area contributed by atoms with Crippen molar-refractivity contribution in [2.24, 2.45) is 0 Å². The molecular weight excluding hydrogens is 460 g/mol. The van der Waals surface area contributed by atoms with Crippen molar-refractivity contribution in [2.45, 2.75) is 24.5 Å². The Morgan fingerprint density at radius 3 is 2.71 bits per heavy atom. The largest absolute Gasteiger partial charge is 0.496 e. The van der Waals surface area contributed by atoms with Gasteiger partial charge in [-0.05, 0) is 18.1 Å². The quantitative estimate of drug-likeness (QED) is 0.256. The summed E-state index contributed by atoms with van der Waals surface area (Å²) in [6.07, 6.45) is -3.39. The van der Waals surface area contributed by atoms with Gasteiger partial charge >= 0.3 is 0 Å². The Balaban J connectivity index is 1.42. The molecule has 4 heterocycles. The van der Waals surface area contributed by atoms with Crippen LogP contribution >= 0.6 is 0 Å². The van der Waals surface area contributed by atoms with Crippen molar-refractivity contribution in [1.29, 1.82) is 0 Å². The van der Waals surface area contributed by atoms with Gasteiger partial charge in [-0.1, -0.05) is 12.0 Å². The van der Waals surface area contributed by atoms with E-state index >= 15 is 0 Å². The number of amides is 2. The summed E-state index contributed by atoms with van der Waals surface area (Å²) in [7, 11) is 1.42. The maximum atomic E-state index is 12.7. The molecule has 5 N–H and O–H groups in total. The predicted octanol–water partition coefficient (Wildman–Crippen LogP) is -1.32. The number of imide groups is 1. The Bertz CT molecular complexity index is 1410. The number of nitrogen functional groups attached to an aromatic ring is 1. The lowest BCUT2D eigenvalue weighted by atomic mass is 10.1. The zero-order valence-electron chi connectivity index (χ0n) is 18.3. The molecule has 2 aliphatic heterocycles. The van der Waals surface area contributed by atoms with Crippen molar-refractivity contribution >= 4 is 28.8 Å². The number of anilines is 1. The first kappa shape index (κ1) is 22.7. The third-order valence-corrected chi connectivity index (χ3v) is 5.86. The summed E-state index contributed by atoms with van der Waals surface area (Å²) in [6.45, 7) is -0.705. The lowest BCUT2D eigenvalue weighted by Crippen LogP contribution is -2.33. The summed E-state index contributed by atoms with van der Waals surface area (Å²) in [6, 6.07) is 4.77. The lowest BCUT2D eigenvalue weighted by molar-refractivity contribution is -0.0511. The number of fused-ring (bicyclic) bond motifs is 2. The Morgan fingerprint density at radius 1 is 1.20 bits per heavy atom. The first-order valence-electron chi connectivity index (χ1n) is 10.5. The van der Waals surface area contributed by atoms with Crippen LogP contribution in [-0.2, 0) is 4.74 Å². The molecule has 35 heavy (non-hydrogen) atoms. The molecule has 13 nitrogen and oxygen atoms in total. The van der Waals surface area contributed by atoms with Crippen LogP contribution in [-0.4, -0.2) is 90.1 Å². The lowest BCUT2D eigenvalue weighted by Gasteiger charge is -2.16. The molecule has 2 aliphatic rings. The number of aliphatic hydroxyl groups excluding tert-OH is 3. The van der Waals surface area contributed by atoms with E-state index < -0.39 is 43.0 Å². The van der Waals surface area contributed by atoms with Gasteiger partial charge in [0.15, 0.2) is 17.7 Å². The fraction of sp³-hybridized carbons (Fsp3) is 0.318. The van der Waals surface area contributed by atoms with Crippen LogP contribution in [0.15, 0.2) is 24.5 Å². The van der Waals surface area contributed by atoms with Crippen LogP contribution in [0.2, 0.25) is 0 Å². The highest BCUT2D eigenvalue weighted by Crippen LogP contribution is 2.32. The first-order chi connectivity index (χ1) is 16.8. The van der Waals surface area contributed by atoms with Gasteiger partial charge in [-0.3, -0.25) is 19.1 Å². The van der Waals surface area contributed by atoms with E-state index in [0.29, 0.717) is 5.75 Å². The maximum Gasteiger partial charge on any atom is 0.266 e. The topological polar surface area (TPSA) is 186 Å². The molecule has 3 aromatic rings. The van der Waals surface area contributed by atoms with Gasteiger partial charge in [0.2, 0.25) is 5.82 Å². The second-order valence-electron chi connectivity index (χ2n) is 7.87. The number of hydrogen-bond donors (Lipinski definition) is 4. The number of rotatable bonds is 4.